The van der Waals surface area contributed by atoms with Gasteiger partial charge in [-0.1, -0.05) is 6.07 Å². The maximum absolute atomic E-state index is 12.3. The molecule has 2 aliphatic rings. The molecule has 0 aliphatic carbocycles. The minimum Gasteiger partial charge on any atom is -0.340 e. The van der Waals surface area contributed by atoms with Crippen molar-refractivity contribution < 1.29 is 4.79 Å². The maximum Gasteiger partial charge on any atom is 0.222 e. The molecule has 0 saturated carbocycles. The lowest BCUT2D eigenvalue weighted by atomic mass is 10.0. The van der Waals surface area contributed by atoms with Gasteiger partial charge in [-0.05, 0) is 49.7 Å². The van der Waals surface area contributed by atoms with Crippen LogP contribution in [0, 0.1) is 5.92 Å². The molecule has 4 nitrogen and oxygen atoms in total. The van der Waals surface area contributed by atoms with Gasteiger partial charge in [0.05, 0.1) is 0 Å². The number of hydrogen-bond donors (Lipinski definition) is 1. The molecule has 1 unspecified atom stereocenters. The topological polar surface area (TPSA) is 35.6 Å². The van der Waals surface area contributed by atoms with E-state index in [1.807, 2.05) is 11.3 Å². The molecule has 2 fully saturated rings. The van der Waals surface area contributed by atoms with Crippen LogP contribution < -0.4 is 5.32 Å². The maximum atomic E-state index is 12.3. The van der Waals surface area contributed by atoms with Crippen LogP contribution in [-0.4, -0.2) is 61.5 Å². The molecular formula is C17H29Cl2N3OS. The Kier molecular flexibility index (Phi) is 10.2. The lowest BCUT2D eigenvalue weighted by Gasteiger charge is -2.35. The van der Waals surface area contributed by atoms with Crippen LogP contribution >= 0.6 is 36.2 Å². The van der Waals surface area contributed by atoms with Gasteiger partial charge in [0.1, 0.15) is 0 Å². The number of hydrogen-bond acceptors (Lipinski definition) is 4. The molecule has 24 heavy (non-hydrogen) atoms. The molecule has 1 aromatic rings. The number of thiophene rings is 1. The highest BCUT2D eigenvalue weighted by molar-refractivity contribution is 7.09. The Balaban J connectivity index is 0.00000144. The van der Waals surface area contributed by atoms with E-state index >= 15 is 0 Å². The standard InChI is InChI=1S/C17H27N3OS.2ClH/c21-17(4-3-15-5-7-18-14-15)20-11-9-19(10-12-20)8-6-16-2-1-13-22-16;;/h1-2,13,15,18H,3-12,14H2;2*1H. The second kappa shape index (κ2) is 11.3. The highest BCUT2D eigenvalue weighted by atomic mass is 35.5. The SMILES string of the molecule is Cl.Cl.O=C(CCC1CCNC1)N1CCN(CCc2cccs2)CC1. The number of rotatable bonds is 6. The molecule has 3 rings (SSSR count). The molecule has 2 saturated heterocycles. The zero-order valence-electron chi connectivity index (χ0n) is 14.1. The highest BCUT2D eigenvalue weighted by Crippen LogP contribution is 2.16. The molecule has 1 amide bonds. The molecule has 2 aliphatic heterocycles. The Bertz CT molecular complexity index is 458. The van der Waals surface area contributed by atoms with Crippen molar-refractivity contribution in [1.82, 2.24) is 15.1 Å². The van der Waals surface area contributed by atoms with Crippen LogP contribution in [0.15, 0.2) is 17.5 Å². The molecule has 1 aromatic heterocycles. The fourth-order valence-corrected chi connectivity index (χ4v) is 4.09. The van der Waals surface area contributed by atoms with Crippen molar-refractivity contribution in [2.45, 2.75) is 25.7 Å². The number of amides is 1. The van der Waals surface area contributed by atoms with Gasteiger partial charge in [0.15, 0.2) is 0 Å². The van der Waals surface area contributed by atoms with Gasteiger partial charge in [0, 0.05) is 44.0 Å². The number of carbonyl (C=O) groups excluding carboxylic acids is 1. The number of carbonyl (C=O) groups is 1. The van der Waals surface area contributed by atoms with Gasteiger partial charge < -0.3 is 10.2 Å². The predicted octanol–water partition coefficient (Wildman–Crippen LogP) is 2.67. The minimum absolute atomic E-state index is 0. The van der Waals surface area contributed by atoms with Crippen molar-refractivity contribution in [3.05, 3.63) is 22.4 Å². The van der Waals surface area contributed by atoms with E-state index in [9.17, 15) is 4.79 Å². The first kappa shape index (κ1) is 21.7. The number of piperazine rings is 1. The third-order valence-electron chi connectivity index (χ3n) is 4.91. The van der Waals surface area contributed by atoms with Gasteiger partial charge in [-0.2, -0.15) is 0 Å². The van der Waals surface area contributed by atoms with Crippen LogP contribution in [0.5, 0.6) is 0 Å². The van der Waals surface area contributed by atoms with E-state index in [1.165, 1.54) is 11.3 Å². The molecular weight excluding hydrogens is 365 g/mol. The van der Waals surface area contributed by atoms with Crippen LogP contribution in [0.2, 0.25) is 0 Å². The van der Waals surface area contributed by atoms with E-state index in [2.05, 4.69) is 32.6 Å². The molecule has 0 radical (unpaired) electrons. The Morgan fingerprint density at radius 2 is 2.04 bits per heavy atom. The molecule has 3 heterocycles. The summed E-state index contributed by atoms with van der Waals surface area (Å²) in [5.41, 5.74) is 0. The van der Waals surface area contributed by atoms with Crippen molar-refractivity contribution in [3.63, 3.8) is 0 Å². The Morgan fingerprint density at radius 1 is 1.25 bits per heavy atom. The van der Waals surface area contributed by atoms with Gasteiger partial charge in [0.2, 0.25) is 5.91 Å². The van der Waals surface area contributed by atoms with Crippen molar-refractivity contribution in [3.8, 4) is 0 Å². The largest absolute Gasteiger partial charge is 0.340 e. The first-order valence-corrected chi connectivity index (χ1v) is 9.42. The first-order chi connectivity index (χ1) is 10.8. The van der Waals surface area contributed by atoms with Crippen LogP contribution in [0.3, 0.4) is 0 Å². The minimum atomic E-state index is 0. The monoisotopic (exact) mass is 393 g/mol. The van der Waals surface area contributed by atoms with Crippen molar-refractivity contribution >= 4 is 42.1 Å². The molecule has 1 N–H and O–H groups in total. The summed E-state index contributed by atoms with van der Waals surface area (Å²) in [6.45, 7) is 7.23. The Labute approximate surface area is 161 Å². The summed E-state index contributed by atoms with van der Waals surface area (Å²) in [6.07, 6.45) is 4.18. The highest BCUT2D eigenvalue weighted by Gasteiger charge is 2.22. The summed E-state index contributed by atoms with van der Waals surface area (Å²) in [5.74, 6) is 1.08. The average molecular weight is 394 g/mol. The summed E-state index contributed by atoms with van der Waals surface area (Å²) >= 11 is 1.84. The van der Waals surface area contributed by atoms with Crippen LogP contribution in [0.1, 0.15) is 24.1 Å². The Morgan fingerprint density at radius 3 is 2.67 bits per heavy atom. The molecule has 7 heteroatoms. The van der Waals surface area contributed by atoms with E-state index in [1.54, 1.807) is 0 Å². The second-order valence-electron chi connectivity index (χ2n) is 6.45. The van der Waals surface area contributed by atoms with Gasteiger partial charge >= 0.3 is 0 Å². The Hall–Kier alpha value is -0.330. The average Bonchev–Trinajstić information content (AvgIpc) is 3.24. The summed E-state index contributed by atoms with van der Waals surface area (Å²) in [4.78, 5) is 18.3. The predicted molar refractivity (Wildman–Crippen MR) is 106 cm³/mol. The van der Waals surface area contributed by atoms with Gasteiger partial charge in [0.25, 0.3) is 0 Å². The summed E-state index contributed by atoms with van der Waals surface area (Å²) in [7, 11) is 0. The van der Waals surface area contributed by atoms with Gasteiger partial charge in [-0.15, -0.1) is 36.2 Å². The van der Waals surface area contributed by atoms with Crippen LogP contribution in [-0.2, 0) is 11.2 Å². The van der Waals surface area contributed by atoms with Gasteiger partial charge in [-0.25, -0.2) is 0 Å². The third kappa shape index (κ3) is 6.52. The van der Waals surface area contributed by atoms with E-state index in [0.29, 0.717) is 5.91 Å². The fourth-order valence-electron chi connectivity index (χ4n) is 3.39. The van der Waals surface area contributed by atoms with E-state index < -0.39 is 0 Å². The summed E-state index contributed by atoms with van der Waals surface area (Å²) < 4.78 is 0. The van der Waals surface area contributed by atoms with Crippen molar-refractivity contribution in [2.75, 3.05) is 45.8 Å². The molecule has 138 valence electrons. The normalized spacial score (nSPS) is 21.2. The lowest BCUT2D eigenvalue weighted by Crippen LogP contribution is -2.49. The smallest absolute Gasteiger partial charge is 0.222 e. The molecule has 0 bridgehead atoms. The van der Waals surface area contributed by atoms with Crippen LogP contribution in [0.4, 0.5) is 0 Å². The van der Waals surface area contributed by atoms with E-state index in [4.69, 9.17) is 0 Å². The lowest BCUT2D eigenvalue weighted by molar-refractivity contribution is -0.133. The van der Waals surface area contributed by atoms with E-state index in [0.717, 1.165) is 71.0 Å². The first-order valence-electron chi connectivity index (χ1n) is 8.54. The molecule has 0 spiro atoms. The molecule has 1 atom stereocenters. The number of halogens is 2. The second-order valence-corrected chi connectivity index (χ2v) is 7.48. The quantitative estimate of drug-likeness (QED) is 0.806. The third-order valence-corrected chi connectivity index (χ3v) is 5.84. The van der Waals surface area contributed by atoms with Crippen molar-refractivity contribution in [2.24, 2.45) is 5.92 Å². The zero-order valence-corrected chi connectivity index (χ0v) is 16.6. The summed E-state index contributed by atoms with van der Waals surface area (Å²) in [6, 6.07) is 4.33. The molecule has 0 aromatic carbocycles. The number of nitrogens with zero attached hydrogens (tertiary/aromatic N) is 2. The van der Waals surface area contributed by atoms with Gasteiger partial charge in [-0.3, -0.25) is 9.69 Å². The fraction of sp³-hybridized carbons (Fsp3) is 0.706. The zero-order chi connectivity index (χ0) is 15.2. The summed E-state index contributed by atoms with van der Waals surface area (Å²) in [5, 5.41) is 5.52. The van der Waals surface area contributed by atoms with E-state index in [-0.39, 0.29) is 24.8 Å². The number of nitrogens with one attached hydrogen (secondary N) is 1. The van der Waals surface area contributed by atoms with Crippen LogP contribution in [0.25, 0.3) is 0 Å². The van der Waals surface area contributed by atoms with Crippen molar-refractivity contribution in [1.29, 1.82) is 0 Å².